The molecule has 30 heavy (non-hydrogen) atoms. The molecular weight excluding hydrogens is 366 g/mol. The lowest BCUT2D eigenvalue weighted by Crippen LogP contribution is -2.21. The molecule has 0 aliphatic heterocycles. The first-order valence-electron chi connectivity index (χ1n) is 10.1. The second kappa shape index (κ2) is 7.49. The zero-order valence-electron chi connectivity index (χ0n) is 16.7. The first-order chi connectivity index (χ1) is 14.7. The van der Waals surface area contributed by atoms with E-state index in [9.17, 15) is 4.79 Å². The van der Waals surface area contributed by atoms with Gasteiger partial charge in [0.15, 0.2) is 0 Å². The van der Waals surface area contributed by atoms with Crippen LogP contribution < -0.4 is 5.56 Å². The Labute approximate surface area is 175 Å². The summed E-state index contributed by atoms with van der Waals surface area (Å²) in [7, 11) is 0. The summed E-state index contributed by atoms with van der Waals surface area (Å²) in [6.45, 7) is 2.06. The number of nitrogens with zero attached hydrogens (tertiary/aromatic N) is 1. The Morgan fingerprint density at radius 1 is 0.567 bits per heavy atom. The molecule has 2 nitrogen and oxygen atoms in total. The second-order valence-corrected chi connectivity index (χ2v) is 7.48. The quantitative estimate of drug-likeness (QED) is 0.340. The lowest BCUT2D eigenvalue weighted by molar-refractivity contribution is 1.02. The molecule has 1 aromatic heterocycles. The minimum Gasteiger partial charge on any atom is -0.276 e. The van der Waals surface area contributed by atoms with Crippen molar-refractivity contribution in [1.82, 2.24) is 4.57 Å². The first-order valence-corrected chi connectivity index (χ1v) is 10.1. The molecular formula is C28H21NO. The van der Waals surface area contributed by atoms with Gasteiger partial charge in [-0.05, 0) is 41.6 Å². The van der Waals surface area contributed by atoms with Gasteiger partial charge in [-0.25, -0.2) is 0 Å². The maximum atomic E-state index is 13.8. The molecule has 5 aromatic rings. The van der Waals surface area contributed by atoms with Crippen LogP contribution in [0.15, 0.2) is 114 Å². The van der Waals surface area contributed by atoms with Gasteiger partial charge in [-0.1, -0.05) is 96.6 Å². The molecule has 0 spiro atoms. The van der Waals surface area contributed by atoms with Crippen LogP contribution in [-0.4, -0.2) is 4.57 Å². The molecule has 1 heterocycles. The predicted octanol–water partition coefficient (Wildman–Crippen LogP) is 6.63. The predicted molar refractivity (Wildman–Crippen MR) is 125 cm³/mol. The summed E-state index contributed by atoms with van der Waals surface area (Å²) in [4.78, 5) is 13.8. The van der Waals surface area contributed by atoms with Crippen molar-refractivity contribution in [2.75, 3.05) is 0 Å². The zero-order chi connectivity index (χ0) is 20.5. The first kappa shape index (κ1) is 18.1. The Morgan fingerprint density at radius 2 is 1.10 bits per heavy atom. The molecule has 0 bridgehead atoms. The van der Waals surface area contributed by atoms with Crippen LogP contribution in [0.4, 0.5) is 0 Å². The molecule has 0 N–H and O–H groups in total. The smallest absolute Gasteiger partial charge is 0.263 e. The van der Waals surface area contributed by atoms with Crippen molar-refractivity contribution in [2.24, 2.45) is 0 Å². The molecule has 144 valence electrons. The van der Waals surface area contributed by atoms with Crippen molar-refractivity contribution in [1.29, 1.82) is 0 Å². The summed E-state index contributed by atoms with van der Waals surface area (Å²) in [5.74, 6) is 0. The third kappa shape index (κ3) is 3.03. The largest absolute Gasteiger partial charge is 0.276 e. The molecule has 0 saturated heterocycles. The van der Waals surface area contributed by atoms with Crippen LogP contribution in [0.1, 0.15) is 5.56 Å². The number of rotatable bonds is 3. The van der Waals surface area contributed by atoms with Crippen molar-refractivity contribution in [3.05, 3.63) is 125 Å². The summed E-state index contributed by atoms with van der Waals surface area (Å²) in [6.07, 6.45) is 0. The fourth-order valence-electron chi connectivity index (χ4n) is 4.06. The average molecular weight is 387 g/mol. The number of benzene rings is 4. The zero-order valence-corrected chi connectivity index (χ0v) is 16.7. The highest BCUT2D eigenvalue weighted by Gasteiger charge is 2.20. The van der Waals surface area contributed by atoms with E-state index in [-0.39, 0.29) is 5.56 Å². The summed E-state index contributed by atoms with van der Waals surface area (Å²) in [5.41, 5.74) is 6.11. The van der Waals surface area contributed by atoms with Crippen LogP contribution in [0.25, 0.3) is 38.8 Å². The normalized spacial score (nSPS) is 11.0. The van der Waals surface area contributed by atoms with Gasteiger partial charge in [0, 0.05) is 16.6 Å². The lowest BCUT2D eigenvalue weighted by Gasteiger charge is -2.21. The van der Waals surface area contributed by atoms with Crippen LogP contribution in [0.2, 0.25) is 0 Å². The standard InChI is InChI=1S/C28H21NO/c1-20-16-18-23(19-17-20)29-27(22-12-6-3-7-13-22)26(21-10-4-2-5-11-21)24-14-8-9-15-25(24)28(29)30/h2-19H,1H3. The van der Waals surface area contributed by atoms with Gasteiger partial charge >= 0.3 is 0 Å². The highest BCUT2D eigenvalue weighted by atomic mass is 16.1. The molecule has 0 unspecified atom stereocenters. The van der Waals surface area contributed by atoms with Crippen molar-refractivity contribution in [3.63, 3.8) is 0 Å². The number of pyridine rings is 1. The molecule has 0 amide bonds. The van der Waals surface area contributed by atoms with Crippen LogP contribution >= 0.6 is 0 Å². The third-order valence-electron chi connectivity index (χ3n) is 5.49. The molecule has 0 fully saturated rings. The topological polar surface area (TPSA) is 22.0 Å². The molecule has 5 rings (SSSR count). The average Bonchev–Trinajstić information content (AvgIpc) is 2.81. The highest BCUT2D eigenvalue weighted by molar-refractivity contribution is 6.03. The molecule has 2 heteroatoms. The Hall–Kier alpha value is -3.91. The third-order valence-corrected chi connectivity index (χ3v) is 5.49. The number of fused-ring (bicyclic) bond motifs is 1. The SMILES string of the molecule is Cc1ccc(-n2c(-c3ccccc3)c(-c3ccccc3)c3ccccc3c2=O)cc1. The molecule has 0 aliphatic rings. The van der Waals surface area contributed by atoms with Gasteiger partial charge in [0.2, 0.25) is 0 Å². The Balaban J connectivity index is 2.02. The molecule has 4 aromatic carbocycles. The van der Waals surface area contributed by atoms with E-state index in [0.29, 0.717) is 0 Å². The summed E-state index contributed by atoms with van der Waals surface area (Å²) in [6, 6.07) is 36.5. The lowest BCUT2D eigenvalue weighted by atomic mass is 9.93. The number of aryl methyl sites for hydroxylation is 1. The Bertz CT molecular complexity index is 1380. The maximum Gasteiger partial charge on any atom is 0.263 e. The van der Waals surface area contributed by atoms with Gasteiger partial charge in [0.25, 0.3) is 5.56 Å². The number of aromatic nitrogens is 1. The van der Waals surface area contributed by atoms with Crippen molar-refractivity contribution in [3.8, 4) is 28.1 Å². The second-order valence-electron chi connectivity index (χ2n) is 7.48. The van der Waals surface area contributed by atoms with Gasteiger partial charge in [0.05, 0.1) is 5.69 Å². The van der Waals surface area contributed by atoms with Gasteiger partial charge in [-0.15, -0.1) is 0 Å². The van der Waals surface area contributed by atoms with Gasteiger partial charge in [-0.2, -0.15) is 0 Å². The number of hydrogen-bond acceptors (Lipinski definition) is 1. The minimum absolute atomic E-state index is 0.00649. The fraction of sp³-hybridized carbons (Fsp3) is 0.0357. The molecule has 0 atom stereocenters. The van der Waals surface area contributed by atoms with Crippen molar-refractivity contribution >= 4 is 10.8 Å². The maximum absolute atomic E-state index is 13.8. The molecule has 0 saturated carbocycles. The summed E-state index contributed by atoms with van der Waals surface area (Å²) >= 11 is 0. The van der Waals surface area contributed by atoms with E-state index < -0.39 is 0 Å². The van der Waals surface area contributed by atoms with Crippen molar-refractivity contribution < 1.29 is 0 Å². The van der Waals surface area contributed by atoms with E-state index in [1.807, 2.05) is 89.5 Å². The Kier molecular flexibility index (Phi) is 4.53. The summed E-state index contributed by atoms with van der Waals surface area (Å²) in [5, 5.41) is 1.69. The van der Waals surface area contributed by atoms with E-state index in [1.54, 1.807) is 0 Å². The van der Waals surface area contributed by atoms with E-state index >= 15 is 0 Å². The van der Waals surface area contributed by atoms with Crippen molar-refractivity contribution in [2.45, 2.75) is 6.92 Å². The van der Waals surface area contributed by atoms with E-state index in [1.165, 1.54) is 0 Å². The minimum atomic E-state index is -0.00649. The van der Waals surface area contributed by atoms with Crippen LogP contribution in [0, 0.1) is 6.92 Å². The van der Waals surface area contributed by atoms with Gasteiger partial charge in [-0.3, -0.25) is 9.36 Å². The highest BCUT2D eigenvalue weighted by Crippen LogP contribution is 2.37. The molecule has 0 radical (unpaired) electrons. The fourth-order valence-corrected chi connectivity index (χ4v) is 4.06. The van der Waals surface area contributed by atoms with Crippen LogP contribution in [0.5, 0.6) is 0 Å². The Morgan fingerprint density at radius 3 is 1.73 bits per heavy atom. The van der Waals surface area contributed by atoms with Crippen LogP contribution in [0.3, 0.4) is 0 Å². The van der Waals surface area contributed by atoms with E-state index in [0.717, 1.165) is 44.4 Å². The molecule has 0 aliphatic carbocycles. The van der Waals surface area contributed by atoms with Gasteiger partial charge < -0.3 is 0 Å². The van der Waals surface area contributed by atoms with Gasteiger partial charge in [0.1, 0.15) is 0 Å². The number of hydrogen-bond donors (Lipinski definition) is 0. The monoisotopic (exact) mass is 387 g/mol. The summed E-state index contributed by atoms with van der Waals surface area (Å²) < 4.78 is 1.86. The van der Waals surface area contributed by atoms with E-state index in [4.69, 9.17) is 0 Å². The van der Waals surface area contributed by atoms with Crippen LogP contribution in [-0.2, 0) is 0 Å². The van der Waals surface area contributed by atoms with E-state index in [2.05, 4.69) is 31.2 Å².